The molecule has 7 nitrogen and oxygen atoms in total. The zero-order chi connectivity index (χ0) is 26.4. The van der Waals surface area contributed by atoms with Crippen LogP contribution in [0.2, 0.25) is 0 Å². The van der Waals surface area contributed by atoms with E-state index in [1.54, 1.807) is 45.0 Å². The molecule has 9 heteroatoms. The summed E-state index contributed by atoms with van der Waals surface area (Å²) < 4.78 is 34.3. The second-order valence-electron chi connectivity index (χ2n) is 10.7. The fourth-order valence-electron chi connectivity index (χ4n) is 3.38. The topological polar surface area (TPSA) is 110 Å². The van der Waals surface area contributed by atoms with Crippen LogP contribution < -0.4 is 4.72 Å². The summed E-state index contributed by atoms with van der Waals surface area (Å²) in [5.41, 5.74) is 0.133. The van der Waals surface area contributed by atoms with Crippen molar-refractivity contribution >= 4 is 33.3 Å². The summed E-state index contributed by atoms with van der Waals surface area (Å²) in [5.74, 6) is -1.44. The highest BCUT2D eigenvalue weighted by atomic mass is 32.2. The lowest BCUT2D eigenvalue weighted by Crippen LogP contribution is -2.45. The first kappa shape index (κ1) is 29.0. The first-order valence-electron chi connectivity index (χ1n) is 11.7. The van der Waals surface area contributed by atoms with Crippen molar-refractivity contribution in [3.05, 3.63) is 51.7 Å². The molecule has 0 aliphatic rings. The van der Waals surface area contributed by atoms with Gasteiger partial charge in [0.2, 0.25) is 10.0 Å². The molecule has 0 radical (unpaired) electrons. The van der Waals surface area contributed by atoms with E-state index in [1.165, 1.54) is 11.3 Å². The van der Waals surface area contributed by atoms with E-state index in [0.29, 0.717) is 6.42 Å². The maximum atomic E-state index is 13.1. The second-order valence-corrected chi connectivity index (χ2v) is 13.6. The normalized spacial score (nSPS) is 13.4. The highest BCUT2D eigenvalue weighted by Crippen LogP contribution is 2.25. The number of unbranched alkanes of at least 4 members (excludes halogenated alkanes) is 1. The molecule has 0 saturated heterocycles. The molecule has 0 aliphatic carbocycles. The highest BCUT2D eigenvalue weighted by molar-refractivity contribution is 7.89. The number of hydrogen-bond donors (Lipinski definition) is 2. The molecule has 0 amide bonds. The van der Waals surface area contributed by atoms with Crippen molar-refractivity contribution in [2.75, 3.05) is 0 Å². The van der Waals surface area contributed by atoms with Gasteiger partial charge in [-0.3, -0.25) is 9.59 Å². The molecule has 0 bridgehead atoms. The minimum atomic E-state index is -3.96. The van der Waals surface area contributed by atoms with E-state index in [-0.39, 0.29) is 23.2 Å². The van der Waals surface area contributed by atoms with Crippen LogP contribution in [0.4, 0.5) is 0 Å². The molecule has 2 N–H and O–H groups in total. The van der Waals surface area contributed by atoms with E-state index in [0.717, 1.165) is 28.2 Å². The molecule has 35 heavy (non-hydrogen) atoms. The number of esters is 1. The lowest BCUT2D eigenvalue weighted by Gasteiger charge is -2.24. The molecular weight excluding hydrogens is 486 g/mol. The molecule has 0 aliphatic heterocycles. The smallest absolute Gasteiger partial charge is 0.325 e. The minimum Gasteiger partial charge on any atom is -0.481 e. The number of carbonyl (C=O) groups is 2. The van der Waals surface area contributed by atoms with Gasteiger partial charge in [0.15, 0.2) is 0 Å². The first-order valence-corrected chi connectivity index (χ1v) is 14.0. The number of nitrogens with one attached hydrogen (secondary N) is 1. The van der Waals surface area contributed by atoms with E-state index >= 15 is 0 Å². The number of aliphatic carboxylic acids is 1. The Morgan fingerprint density at radius 1 is 0.971 bits per heavy atom. The largest absolute Gasteiger partial charge is 0.481 e. The minimum absolute atomic E-state index is 0.0874. The Balaban J connectivity index is 2.19. The molecule has 1 heterocycles. The molecule has 194 valence electrons. The molecule has 2 aromatic rings. The van der Waals surface area contributed by atoms with Crippen LogP contribution in [0.15, 0.2) is 41.3 Å². The van der Waals surface area contributed by atoms with E-state index in [9.17, 15) is 18.0 Å². The van der Waals surface area contributed by atoms with Gasteiger partial charge in [-0.25, -0.2) is 8.42 Å². The zero-order valence-electron chi connectivity index (χ0n) is 21.4. The third-order valence-corrected chi connectivity index (χ3v) is 7.86. The second kappa shape index (κ2) is 11.7. The van der Waals surface area contributed by atoms with Crippen molar-refractivity contribution in [1.29, 1.82) is 0 Å². The van der Waals surface area contributed by atoms with Gasteiger partial charge in [0, 0.05) is 22.6 Å². The van der Waals surface area contributed by atoms with Gasteiger partial charge in [0.1, 0.15) is 11.6 Å². The Bertz CT molecular complexity index is 1110. The summed E-state index contributed by atoms with van der Waals surface area (Å²) in [7, 11) is -3.96. The van der Waals surface area contributed by atoms with Gasteiger partial charge in [0.05, 0.1) is 4.90 Å². The Kier molecular flexibility index (Phi) is 9.67. The highest BCUT2D eigenvalue weighted by Gasteiger charge is 2.30. The molecule has 0 fully saturated rings. The van der Waals surface area contributed by atoms with Crippen LogP contribution in [0.5, 0.6) is 0 Å². The van der Waals surface area contributed by atoms with E-state index in [2.05, 4.69) is 25.5 Å². The van der Waals surface area contributed by atoms with Crippen LogP contribution in [-0.2, 0) is 42.6 Å². The van der Waals surface area contributed by atoms with Crippen LogP contribution >= 0.6 is 11.3 Å². The average molecular weight is 524 g/mol. The summed E-state index contributed by atoms with van der Waals surface area (Å²) in [6.07, 6.45) is 2.38. The Morgan fingerprint density at radius 3 is 2.11 bits per heavy atom. The molecule has 1 aromatic heterocycles. The number of carboxylic acids is 1. The van der Waals surface area contributed by atoms with Crippen molar-refractivity contribution in [3.63, 3.8) is 0 Å². The van der Waals surface area contributed by atoms with E-state index < -0.39 is 33.6 Å². The number of benzene rings is 1. The molecular formula is C26H37NO6S2. The molecule has 1 atom stereocenters. The number of hydrogen-bond acceptors (Lipinski definition) is 6. The van der Waals surface area contributed by atoms with Gasteiger partial charge < -0.3 is 9.84 Å². The van der Waals surface area contributed by atoms with Gasteiger partial charge in [0.25, 0.3) is 0 Å². The maximum absolute atomic E-state index is 13.1. The van der Waals surface area contributed by atoms with Crippen molar-refractivity contribution in [3.8, 4) is 0 Å². The van der Waals surface area contributed by atoms with Crippen molar-refractivity contribution in [2.45, 2.75) is 95.6 Å². The van der Waals surface area contributed by atoms with Gasteiger partial charge in [-0.05, 0) is 75.3 Å². The number of aryl methyl sites for hydroxylation is 1. The summed E-state index contributed by atoms with van der Waals surface area (Å²) in [5, 5.41) is 8.77. The van der Waals surface area contributed by atoms with E-state index in [1.807, 2.05) is 12.1 Å². The summed E-state index contributed by atoms with van der Waals surface area (Å²) in [6, 6.07) is 9.40. The maximum Gasteiger partial charge on any atom is 0.325 e. The Labute approximate surface area is 213 Å². The molecule has 2 rings (SSSR count). The zero-order valence-corrected chi connectivity index (χ0v) is 23.0. The van der Waals surface area contributed by atoms with Crippen LogP contribution in [0, 0.1) is 0 Å². The van der Waals surface area contributed by atoms with Gasteiger partial charge in [-0.15, -0.1) is 11.3 Å². The predicted octanol–water partition coefficient (Wildman–Crippen LogP) is 5.07. The van der Waals surface area contributed by atoms with Crippen LogP contribution in [-0.4, -0.2) is 37.1 Å². The Hall–Kier alpha value is -2.23. The average Bonchev–Trinajstić information content (AvgIpc) is 3.16. The number of carboxylic acid groups (broad SMARTS) is 1. The summed E-state index contributed by atoms with van der Waals surface area (Å²) in [6.45, 7) is 11.4. The fourth-order valence-corrected chi connectivity index (χ4v) is 5.67. The molecule has 0 saturated carbocycles. The predicted molar refractivity (Wildman–Crippen MR) is 138 cm³/mol. The van der Waals surface area contributed by atoms with Crippen LogP contribution in [0.1, 0.15) is 76.1 Å². The number of ether oxygens (including phenoxy) is 1. The SMILES string of the molecule is CC(C)(C)OC(=O)C(Cc1ccc(CCCCC(=O)O)s1)NS(=O)(=O)c1ccc(C(C)(C)C)cc1. The number of carbonyl (C=O) groups excluding carboxylic acids is 1. The number of thiophene rings is 1. The Morgan fingerprint density at radius 2 is 1.57 bits per heavy atom. The first-order chi connectivity index (χ1) is 16.1. The van der Waals surface area contributed by atoms with Crippen molar-refractivity contribution in [1.82, 2.24) is 4.72 Å². The van der Waals surface area contributed by atoms with Crippen LogP contribution in [0.25, 0.3) is 0 Å². The van der Waals surface area contributed by atoms with Gasteiger partial charge in [-0.1, -0.05) is 32.9 Å². The molecule has 1 unspecified atom stereocenters. The van der Waals surface area contributed by atoms with Crippen LogP contribution in [0.3, 0.4) is 0 Å². The monoisotopic (exact) mass is 523 g/mol. The number of sulfonamides is 1. The quantitative estimate of drug-likeness (QED) is 0.314. The van der Waals surface area contributed by atoms with Crippen molar-refractivity contribution in [2.24, 2.45) is 0 Å². The fraction of sp³-hybridized carbons (Fsp3) is 0.538. The summed E-state index contributed by atoms with van der Waals surface area (Å²) in [4.78, 5) is 25.6. The third kappa shape index (κ3) is 9.74. The molecule has 0 spiro atoms. The van der Waals surface area contributed by atoms with Crippen molar-refractivity contribution < 1.29 is 27.9 Å². The standard InChI is InChI=1S/C26H37NO6S2/c1-25(2,3)18-11-15-21(16-12-18)35(31,32)27-22(24(30)33-26(4,5)6)17-20-14-13-19(34-20)9-7-8-10-23(28)29/h11-16,22,27H,7-10,17H2,1-6H3,(H,28,29). The van der Waals surface area contributed by atoms with E-state index in [4.69, 9.17) is 9.84 Å². The summed E-state index contributed by atoms with van der Waals surface area (Å²) >= 11 is 1.49. The number of rotatable bonds is 11. The molecule has 1 aromatic carbocycles. The van der Waals surface area contributed by atoms with Gasteiger partial charge >= 0.3 is 11.9 Å². The lowest BCUT2D eigenvalue weighted by molar-refractivity contribution is -0.156. The third-order valence-electron chi connectivity index (χ3n) is 5.21. The lowest BCUT2D eigenvalue weighted by atomic mass is 9.87. The van der Waals surface area contributed by atoms with Gasteiger partial charge in [-0.2, -0.15) is 4.72 Å².